The van der Waals surface area contributed by atoms with Crippen molar-refractivity contribution in [2.75, 3.05) is 6.54 Å². The summed E-state index contributed by atoms with van der Waals surface area (Å²) in [5.74, 6) is 0.498. The van der Waals surface area contributed by atoms with Gasteiger partial charge in [0.15, 0.2) is 0 Å². The van der Waals surface area contributed by atoms with Crippen LogP contribution in [0.25, 0.3) is 11.1 Å². The van der Waals surface area contributed by atoms with Gasteiger partial charge in [-0.1, -0.05) is 54.1 Å². The number of carboxylic acid groups (broad SMARTS) is 1. The quantitative estimate of drug-likeness (QED) is 0.218. The lowest BCUT2D eigenvalue weighted by Gasteiger charge is -2.27. The lowest BCUT2D eigenvalue weighted by molar-refractivity contribution is 0.0697. The zero-order valence-corrected chi connectivity index (χ0v) is 22.2. The number of benzene rings is 4. The molecule has 5 rings (SSSR count). The summed E-state index contributed by atoms with van der Waals surface area (Å²) in [6.07, 6.45) is 2.22. The average molecular weight is 550 g/mol. The second-order valence-corrected chi connectivity index (χ2v) is 9.80. The highest BCUT2D eigenvalue weighted by Gasteiger charge is 2.20. The van der Waals surface area contributed by atoms with Gasteiger partial charge < -0.3 is 20.3 Å². The zero-order valence-electron chi connectivity index (χ0n) is 20.6. The number of halogens is 2. The third-order valence-corrected chi connectivity index (χ3v) is 6.99. The molecule has 0 unspecified atom stereocenters. The van der Waals surface area contributed by atoms with E-state index in [0.717, 1.165) is 41.7 Å². The minimum absolute atomic E-state index is 0. The highest BCUT2D eigenvalue weighted by atomic mass is 35.5. The van der Waals surface area contributed by atoms with Crippen molar-refractivity contribution < 1.29 is 19.7 Å². The van der Waals surface area contributed by atoms with Crippen LogP contribution in [-0.4, -0.2) is 28.8 Å². The molecule has 1 aliphatic rings. The lowest BCUT2D eigenvalue weighted by atomic mass is 9.88. The van der Waals surface area contributed by atoms with Gasteiger partial charge in [0.1, 0.15) is 11.5 Å². The zero-order chi connectivity index (χ0) is 25.8. The van der Waals surface area contributed by atoms with Gasteiger partial charge in [-0.3, -0.25) is 0 Å². The molecule has 7 heteroatoms. The number of aromatic carboxylic acids is 1. The van der Waals surface area contributed by atoms with E-state index in [1.165, 1.54) is 11.1 Å². The van der Waals surface area contributed by atoms with Gasteiger partial charge >= 0.3 is 5.97 Å². The van der Waals surface area contributed by atoms with Crippen LogP contribution in [0, 0.1) is 0 Å². The third kappa shape index (κ3) is 6.74. The second kappa shape index (κ2) is 12.5. The van der Waals surface area contributed by atoms with Crippen molar-refractivity contribution in [3.05, 3.63) is 118 Å². The molecule has 0 radical (unpaired) electrons. The van der Waals surface area contributed by atoms with E-state index in [9.17, 15) is 15.0 Å². The number of rotatable bonds is 8. The summed E-state index contributed by atoms with van der Waals surface area (Å²) in [7, 11) is 0. The Morgan fingerprint density at radius 2 is 1.66 bits per heavy atom. The van der Waals surface area contributed by atoms with Gasteiger partial charge in [0.2, 0.25) is 0 Å². The highest BCUT2D eigenvalue weighted by molar-refractivity contribution is 6.30. The molecule has 0 fully saturated rings. The Morgan fingerprint density at radius 3 is 2.45 bits per heavy atom. The number of nitrogens with one attached hydrogen (secondary N) is 1. The predicted molar refractivity (Wildman–Crippen MR) is 153 cm³/mol. The number of fused-ring (bicyclic) bond motifs is 1. The standard InChI is InChI=1S/C31H28ClNO4.ClH/c32-26-8-2-6-23(15-26)30(34)19-33-27-12-10-20-11-13-29(18-25(20)16-27)37-28-9-3-5-22(17-28)21-4-1-7-24(14-21)31(35)36;/h1-9,11,13-15,17-18,27,30,33-34H,10,12,16,19H2,(H,35,36);1H/t27-,30-;/m0./s1. The van der Waals surface area contributed by atoms with E-state index in [1.807, 2.05) is 48.5 Å². The molecule has 0 heterocycles. The fourth-order valence-corrected chi connectivity index (χ4v) is 4.99. The molecule has 0 bridgehead atoms. The summed E-state index contributed by atoms with van der Waals surface area (Å²) in [5.41, 5.74) is 5.33. The van der Waals surface area contributed by atoms with Gasteiger partial charge in [-0.25, -0.2) is 4.79 Å². The highest BCUT2D eigenvalue weighted by Crippen LogP contribution is 2.31. The van der Waals surface area contributed by atoms with Gasteiger partial charge in [-0.15, -0.1) is 12.4 Å². The van der Waals surface area contributed by atoms with Crippen LogP contribution in [0.15, 0.2) is 91.0 Å². The molecule has 0 aliphatic heterocycles. The summed E-state index contributed by atoms with van der Waals surface area (Å²) in [5, 5.41) is 24.0. The van der Waals surface area contributed by atoms with E-state index >= 15 is 0 Å². The number of aliphatic hydroxyl groups excluding tert-OH is 1. The maximum Gasteiger partial charge on any atom is 0.335 e. The molecule has 0 spiro atoms. The number of hydrogen-bond donors (Lipinski definition) is 3. The first-order valence-corrected chi connectivity index (χ1v) is 12.7. The molecular formula is C31H29Cl2NO4. The number of ether oxygens (including phenoxy) is 1. The molecule has 0 saturated carbocycles. The summed E-state index contributed by atoms with van der Waals surface area (Å²) >= 11 is 6.06. The molecule has 4 aromatic carbocycles. The Kier molecular flexibility index (Phi) is 9.08. The number of aryl methyl sites for hydroxylation is 1. The molecule has 4 aromatic rings. The molecule has 5 nitrogen and oxygen atoms in total. The Balaban J connectivity index is 0.00000336. The van der Waals surface area contributed by atoms with Crippen molar-refractivity contribution in [1.29, 1.82) is 0 Å². The normalized spacial score (nSPS) is 15.2. The van der Waals surface area contributed by atoms with Crippen molar-refractivity contribution in [2.24, 2.45) is 0 Å². The van der Waals surface area contributed by atoms with Gasteiger partial charge in [0, 0.05) is 17.6 Å². The largest absolute Gasteiger partial charge is 0.478 e. The number of hydrogen-bond acceptors (Lipinski definition) is 4. The van der Waals surface area contributed by atoms with Crippen molar-refractivity contribution in [3.8, 4) is 22.6 Å². The van der Waals surface area contributed by atoms with Crippen LogP contribution in [0.3, 0.4) is 0 Å². The molecule has 1 aliphatic carbocycles. The summed E-state index contributed by atoms with van der Waals surface area (Å²) in [4.78, 5) is 11.3. The van der Waals surface area contributed by atoms with Crippen molar-refractivity contribution in [1.82, 2.24) is 5.32 Å². The summed E-state index contributed by atoms with van der Waals surface area (Å²) in [6.45, 7) is 0.465. The number of carbonyl (C=O) groups is 1. The fraction of sp³-hybridized carbons (Fsp3) is 0.194. The van der Waals surface area contributed by atoms with E-state index in [4.69, 9.17) is 16.3 Å². The van der Waals surface area contributed by atoms with E-state index in [-0.39, 0.29) is 24.0 Å². The summed E-state index contributed by atoms with van der Waals surface area (Å²) in [6, 6.07) is 28.3. The monoisotopic (exact) mass is 549 g/mol. The fourth-order valence-electron chi connectivity index (χ4n) is 4.79. The number of aliphatic hydroxyl groups is 1. The summed E-state index contributed by atoms with van der Waals surface area (Å²) < 4.78 is 6.20. The van der Waals surface area contributed by atoms with Gasteiger partial charge in [-0.05, 0) is 95.6 Å². The van der Waals surface area contributed by atoms with Crippen LogP contribution in [-0.2, 0) is 12.8 Å². The van der Waals surface area contributed by atoms with Crippen molar-refractivity contribution in [2.45, 2.75) is 31.4 Å². The minimum Gasteiger partial charge on any atom is -0.478 e. The first-order valence-electron chi connectivity index (χ1n) is 12.3. The van der Waals surface area contributed by atoms with Crippen LogP contribution in [0.1, 0.15) is 39.6 Å². The molecule has 0 amide bonds. The van der Waals surface area contributed by atoms with Crippen molar-refractivity contribution in [3.63, 3.8) is 0 Å². The Hall–Kier alpha value is -3.35. The van der Waals surface area contributed by atoms with Crippen LogP contribution in [0.2, 0.25) is 5.02 Å². The first kappa shape index (κ1) is 27.7. The first-order chi connectivity index (χ1) is 17.9. The topological polar surface area (TPSA) is 78.8 Å². The van der Waals surface area contributed by atoms with E-state index in [2.05, 4.69) is 17.4 Å². The molecule has 3 N–H and O–H groups in total. The molecule has 38 heavy (non-hydrogen) atoms. The van der Waals surface area contributed by atoms with E-state index < -0.39 is 12.1 Å². The molecular weight excluding hydrogens is 521 g/mol. The van der Waals surface area contributed by atoms with Gasteiger partial charge in [0.25, 0.3) is 0 Å². The Bertz CT molecular complexity index is 1420. The second-order valence-electron chi connectivity index (χ2n) is 9.37. The molecule has 196 valence electrons. The van der Waals surface area contributed by atoms with E-state index in [0.29, 0.717) is 17.3 Å². The third-order valence-electron chi connectivity index (χ3n) is 6.75. The molecule has 0 aromatic heterocycles. The van der Waals surface area contributed by atoms with Gasteiger partial charge in [0.05, 0.1) is 11.7 Å². The maximum absolute atomic E-state index is 11.3. The van der Waals surface area contributed by atoms with Crippen LogP contribution in [0.5, 0.6) is 11.5 Å². The SMILES string of the molecule is Cl.O=C(O)c1cccc(-c2cccc(Oc3ccc4c(c3)C[C@@H](NC[C@H](O)c3cccc(Cl)c3)CC4)c2)c1. The average Bonchev–Trinajstić information content (AvgIpc) is 2.91. The smallest absolute Gasteiger partial charge is 0.335 e. The van der Waals surface area contributed by atoms with Crippen molar-refractivity contribution >= 4 is 30.0 Å². The molecule has 0 saturated heterocycles. The Morgan fingerprint density at radius 1 is 0.921 bits per heavy atom. The maximum atomic E-state index is 11.3. The van der Waals surface area contributed by atoms with E-state index in [1.54, 1.807) is 30.3 Å². The Labute approximate surface area is 233 Å². The number of carboxylic acids is 1. The predicted octanol–water partition coefficient (Wildman–Crippen LogP) is 7.10. The van der Waals surface area contributed by atoms with Crippen LogP contribution in [0.4, 0.5) is 0 Å². The van der Waals surface area contributed by atoms with Crippen LogP contribution < -0.4 is 10.1 Å². The molecule has 2 atom stereocenters. The van der Waals surface area contributed by atoms with Gasteiger partial charge in [-0.2, -0.15) is 0 Å². The van der Waals surface area contributed by atoms with Crippen LogP contribution >= 0.6 is 24.0 Å². The minimum atomic E-state index is -0.949. The lowest BCUT2D eigenvalue weighted by Crippen LogP contribution is -2.37.